The van der Waals surface area contributed by atoms with Crippen LogP contribution in [0.1, 0.15) is 41.4 Å². The van der Waals surface area contributed by atoms with Gasteiger partial charge in [0.2, 0.25) is 10.0 Å². The van der Waals surface area contributed by atoms with Gasteiger partial charge in [0, 0.05) is 18.7 Å². The molecule has 29 heavy (non-hydrogen) atoms. The molecule has 156 valence electrons. The van der Waals surface area contributed by atoms with Crippen molar-refractivity contribution in [2.24, 2.45) is 0 Å². The van der Waals surface area contributed by atoms with Crippen molar-refractivity contribution >= 4 is 21.6 Å². The second-order valence-electron chi connectivity index (χ2n) is 7.29. The van der Waals surface area contributed by atoms with E-state index < -0.39 is 10.0 Å². The predicted octanol–water partition coefficient (Wildman–Crippen LogP) is 2.82. The smallest absolute Gasteiger partial charge is 0.251 e. The van der Waals surface area contributed by atoms with E-state index in [1.165, 1.54) is 16.1 Å². The number of hydrogen-bond donors (Lipinski definition) is 1. The van der Waals surface area contributed by atoms with Gasteiger partial charge in [-0.05, 0) is 48.8 Å². The van der Waals surface area contributed by atoms with Crippen LogP contribution < -0.4 is 9.62 Å². The molecule has 0 saturated carbocycles. The molecule has 0 bridgehead atoms. The zero-order valence-electron chi connectivity index (χ0n) is 17.3. The number of likely N-dealkylation sites (N-methyl/N-ethyl adjacent to an activating group) is 1. The number of hydrogen-bond acceptors (Lipinski definition) is 4. The Morgan fingerprint density at radius 2 is 1.83 bits per heavy atom. The van der Waals surface area contributed by atoms with Gasteiger partial charge in [0.05, 0.1) is 18.0 Å². The van der Waals surface area contributed by atoms with Gasteiger partial charge in [0.25, 0.3) is 5.91 Å². The van der Waals surface area contributed by atoms with Crippen LogP contribution in [-0.2, 0) is 16.4 Å². The second kappa shape index (κ2) is 8.97. The molecule has 1 aliphatic heterocycles. The summed E-state index contributed by atoms with van der Waals surface area (Å²) < 4.78 is 25.2. The fourth-order valence-electron chi connectivity index (χ4n) is 3.95. The minimum absolute atomic E-state index is 0.102. The summed E-state index contributed by atoms with van der Waals surface area (Å²) in [6, 6.07) is 15.5. The van der Waals surface area contributed by atoms with Crippen molar-refractivity contribution in [1.82, 2.24) is 10.2 Å². The minimum Gasteiger partial charge on any atom is -0.350 e. The lowest BCUT2D eigenvalue weighted by Gasteiger charge is -2.30. The first kappa shape index (κ1) is 21.3. The fourth-order valence-corrected chi connectivity index (χ4v) is 4.90. The maximum atomic E-state index is 12.8. The number of carbonyl (C=O) groups excluding carboxylic acids is 1. The molecule has 0 spiro atoms. The van der Waals surface area contributed by atoms with E-state index in [4.69, 9.17) is 0 Å². The monoisotopic (exact) mass is 415 g/mol. The van der Waals surface area contributed by atoms with E-state index in [0.717, 1.165) is 18.7 Å². The third-order valence-corrected chi connectivity index (χ3v) is 6.67. The summed E-state index contributed by atoms with van der Waals surface area (Å²) in [5.74, 6) is -0.140. The molecule has 0 radical (unpaired) electrons. The van der Waals surface area contributed by atoms with Crippen molar-refractivity contribution in [3.8, 4) is 0 Å². The number of anilines is 1. The number of carbonyl (C=O) groups is 1. The highest BCUT2D eigenvalue weighted by atomic mass is 32.2. The van der Waals surface area contributed by atoms with E-state index in [2.05, 4.69) is 36.2 Å². The number of nitrogens with one attached hydrogen (secondary N) is 1. The van der Waals surface area contributed by atoms with Crippen molar-refractivity contribution in [2.75, 3.05) is 36.7 Å². The van der Waals surface area contributed by atoms with Gasteiger partial charge in [-0.1, -0.05) is 44.2 Å². The van der Waals surface area contributed by atoms with E-state index in [-0.39, 0.29) is 11.9 Å². The lowest BCUT2D eigenvalue weighted by atomic mass is 10.0. The lowest BCUT2D eigenvalue weighted by molar-refractivity contribution is 0.0935. The highest BCUT2D eigenvalue weighted by molar-refractivity contribution is 7.92. The number of fused-ring (bicyclic) bond motifs is 1. The minimum atomic E-state index is -3.29. The first-order chi connectivity index (χ1) is 13.8. The van der Waals surface area contributed by atoms with Gasteiger partial charge in [-0.2, -0.15) is 0 Å². The third kappa shape index (κ3) is 4.79. The molecule has 0 fully saturated rings. The molecule has 1 unspecified atom stereocenters. The van der Waals surface area contributed by atoms with Crippen molar-refractivity contribution in [1.29, 1.82) is 0 Å². The van der Waals surface area contributed by atoms with Gasteiger partial charge < -0.3 is 5.32 Å². The van der Waals surface area contributed by atoms with Gasteiger partial charge in [-0.15, -0.1) is 0 Å². The van der Waals surface area contributed by atoms with Gasteiger partial charge >= 0.3 is 0 Å². The lowest BCUT2D eigenvalue weighted by Crippen LogP contribution is -2.38. The molecule has 1 aliphatic rings. The van der Waals surface area contributed by atoms with Gasteiger partial charge in [0.1, 0.15) is 0 Å². The summed E-state index contributed by atoms with van der Waals surface area (Å²) in [6.45, 7) is 6.97. The molecule has 1 heterocycles. The maximum absolute atomic E-state index is 12.8. The summed E-state index contributed by atoms with van der Waals surface area (Å²) >= 11 is 0. The molecule has 0 saturated heterocycles. The molecule has 7 heteroatoms. The number of amides is 1. The Morgan fingerprint density at radius 1 is 1.14 bits per heavy atom. The molecule has 2 aromatic carbocycles. The van der Waals surface area contributed by atoms with Crippen molar-refractivity contribution < 1.29 is 13.2 Å². The Labute approximate surface area is 173 Å². The van der Waals surface area contributed by atoms with Crippen molar-refractivity contribution in [3.63, 3.8) is 0 Å². The second-order valence-corrected chi connectivity index (χ2v) is 9.19. The molecule has 3 rings (SSSR count). The molecule has 0 aromatic heterocycles. The van der Waals surface area contributed by atoms with Crippen LogP contribution in [0.15, 0.2) is 48.5 Å². The summed E-state index contributed by atoms with van der Waals surface area (Å²) in [4.78, 5) is 15.1. The average Bonchev–Trinajstić information content (AvgIpc) is 3.15. The molecule has 0 aliphatic carbocycles. The molecule has 2 aromatic rings. The molecular weight excluding hydrogens is 386 g/mol. The average molecular weight is 416 g/mol. The Kier molecular flexibility index (Phi) is 6.59. The zero-order chi connectivity index (χ0) is 21.0. The summed E-state index contributed by atoms with van der Waals surface area (Å²) in [6.07, 6.45) is 1.83. The topological polar surface area (TPSA) is 69.7 Å². The highest BCUT2D eigenvalue weighted by Gasteiger charge is 2.27. The van der Waals surface area contributed by atoms with Crippen molar-refractivity contribution in [2.45, 2.75) is 26.3 Å². The van der Waals surface area contributed by atoms with E-state index in [1.54, 1.807) is 12.1 Å². The van der Waals surface area contributed by atoms with Crippen LogP contribution in [0, 0.1) is 0 Å². The first-order valence-electron chi connectivity index (χ1n) is 10.0. The van der Waals surface area contributed by atoms with E-state index >= 15 is 0 Å². The fraction of sp³-hybridized carbons (Fsp3) is 0.409. The first-order valence-corrected chi connectivity index (χ1v) is 11.9. The van der Waals surface area contributed by atoms with Crippen LogP contribution >= 0.6 is 0 Å². The summed E-state index contributed by atoms with van der Waals surface area (Å²) in [7, 11) is -3.29. The predicted molar refractivity (Wildman–Crippen MR) is 117 cm³/mol. The largest absolute Gasteiger partial charge is 0.350 e. The number of sulfonamides is 1. The van der Waals surface area contributed by atoms with Gasteiger partial charge in [-0.25, -0.2) is 8.42 Å². The van der Waals surface area contributed by atoms with Crippen molar-refractivity contribution in [3.05, 3.63) is 65.2 Å². The Hall–Kier alpha value is -2.38. The molecule has 6 nitrogen and oxygen atoms in total. The number of rotatable bonds is 8. The molecule has 1 atom stereocenters. The van der Waals surface area contributed by atoms with E-state index in [1.807, 2.05) is 24.3 Å². The quantitative estimate of drug-likeness (QED) is 0.720. The third-order valence-electron chi connectivity index (χ3n) is 5.49. The standard InChI is InChI=1S/C22H29N3O3S/c1-4-24(5-2)21(17-9-7-6-8-10-17)16-23-22(26)19-11-12-20-18(15-19)13-14-25(20)29(3,27)28/h6-12,15,21H,4-5,13-14,16H2,1-3H3,(H,23,26). The highest BCUT2D eigenvalue weighted by Crippen LogP contribution is 2.30. The Balaban J connectivity index is 1.74. The maximum Gasteiger partial charge on any atom is 0.251 e. The van der Waals surface area contributed by atoms with Gasteiger partial charge in [0.15, 0.2) is 0 Å². The zero-order valence-corrected chi connectivity index (χ0v) is 18.1. The molecule has 1 amide bonds. The number of nitrogens with zero attached hydrogens (tertiary/aromatic N) is 2. The van der Waals surface area contributed by atoms with Gasteiger partial charge in [-0.3, -0.25) is 14.0 Å². The summed E-state index contributed by atoms with van der Waals surface area (Å²) in [5.41, 5.74) is 3.31. The Morgan fingerprint density at radius 3 is 2.45 bits per heavy atom. The molecule has 1 N–H and O–H groups in total. The normalized spacial score (nSPS) is 14.7. The van der Waals surface area contributed by atoms with Crippen LogP contribution in [0.2, 0.25) is 0 Å². The number of benzene rings is 2. The SMILES string of the molecule is CCN(CC)C(CNC(=O)c1ccc2c(c1)CCN2S(C)(=O)=O)c1ccccc1. The van der Waals surface area contributed by atoms with Crippen LogP contribution in [0.3, 0.4) is 0 Å². The van der Waals surface area contributed by atoms with Crippen LogP contribution in [0.5, 0.6) is 0 Å². The Bertz CT molecular complexity index is 957. The summed E-state index contributed by atoms with van der Waals surface area (Å²) in [5, 5.41) is 3.07. The molecular formula is C22H29N3O3S. The van der Waals surface area contributed by atoms with Crippen LogP contribution in [0.4, 0.5) is 5.69 Å². The van der Waals surface area contributed by atoms with E-state index in [9.17, 15) is 13.2 Å². The van der Waals surface area contributed by atoms with E-state index in [0.29, 0.717) is 30.8 Å². The van der Waals surface area contributed by atoms with Crippen LogP contribution in [0.25, 0.3) is 0 Å². The van der Waals surface area contributed by atoms with Crippen LogP contribution in [-0.4, -0.2) is 51.7 Å².